The third-order valence-electron chi connectivity index (χ3n) is 4.39. The number of nitrogens with one attached hydrogen (secondary N) is 2. The van der Waals surface area contributed by atoms with Crippen LogP contribution in [0.1, 0.15) is 12.6 Å². The van der Waals surface area contributed by atoms with Crippen LogP contribution >= 0.6 is 11.6 Å². The van der Waals surface area contributed by atoms with Crippen LogP contribution in [0.15, 0.2) is 36.9 Å². The average molecular weight is 405 g/mol. The number of nitrogens with zero attached hydrogens (tertiary/aromatic N) is 4. The fraction of sp³-hybridized carbons (Fsp3) is 0.294. The van der Waals surface area contributed by atoms with Crippen molar-refractivity contribution in [1.29, 1.82) is 0 Å². The van der Waals surface area contributed by atoms with Gasteiger partial charge in [0.2, 0.25) is 0 Å². The molecule has 11 heteroatoms. The van der Waals surface area contributed by atoms with Crippen LogP contribution in [-0.4, -0.2) is 54.6 Å². The summed E-state index contributed by atoms with van der Waals surface area (Å²) in [5.41, 5.74) is 1.38. The van der Waals surface area contributed by atoms with Gasteiger partial charge in [-0.2, -0.15) is 0 Å². The first-order chi connectivity index (χ1) is 13.5. The highest BCUT2D eigenvalue weighted by molar-refractivity contribution is 6.30. The van der Waals surface area contributed by atoms with E-state index >= 15 is 0 Å². The highest BCUT2D eigenvalue weighted by Crippen LogP contribution is 2.31. The molecule has 1 fully saturated rings. The number of urea groups is 1. The number of hydrogen-bond donors (Lipinski definition) is 4. The van der Waals surface area contributed by atoms with Crippen molar-refractivity contribution < 1.29 is 19.7 Å². The summed E-state index contributed by atoms with van der Waals surface area (Å²) in [6.07, 6.45) is 1.12. The van der Waals surface area contributed by atoms with Gasteiger partial charge in [0.25, 0.3) is 0 Å². The number of rotatable bonds is 4. The summed E-state index contributed by atoms with van der Waals surface area (Å²) in [4.78, 5) is 24.8. The van der Waals surface area contributed by atoms with E-state index in [0.29, 0.717) is 28.3 Å². The standard InChI is InChI=1S/C17H17ClN6O4/c18-9-1-3-10(4-2-9)22-17(27)23-15-14-16(20-7-19-15)24(8-21-14)13-5-11(26)12(6-25)28-13/h1-4,7-8,11-13,25-26H,5-6H2,(H2,19,20,22,23,27). The van der Waals surface area contributed by atoms with Gasteiger partial charge in [-0.05, 0) is 24.3 Å². The van der Waals surface area contributed by atoms with Crippen LogP contribution in [0, 0.1) is 0 Å². The van der Waals surface area contributed by atoms with Gasteiger partial charge in [-0.3, -0.25) is 9.88 Å². The van der Waals surface area contributed by atoms with Gasteiger partial charge in [-0.1, -0.05) is 11.6 Å². The lowest BCUT2D eigenvalue weighted by Crippen LogP contribution is -2.24. The summed E-state index contributed by atoms with van der Waals surface area (Å²) in [5, 5.41) is 25.1. The van der Waals surface area contributed by atoms with Gasteiger partial charge in [0.15, 0.2) is 17.0 Å². The number of carbonyl (C=O) groups excluding carboxylic acids is 1. The molecular weight excluding hydrogens is 388 g/mol. The monoisotopic (exact) mass is 404 g/mol. The molecule has 2 aromatic heterocycles. The topological polar surface area (TPSA) is 134 Å². The first-order valence-electron chi connectivity index (χ1n) is 8.50. The summed E-state index contributed by atoms with van der Waals surface area (Å²) in [6, 6.07) is 6.18. The molecule has 3 atom stereocenters. The number of ether oxygens (including phenoxy) is 1. The average Bonchev–Trinajstić information content (AvgIpc) is 3.27. The van der Waals surface area contributed by atoms with E-state index in [0.717, 1.165) is 0 Å². The molecule has 3 aromatic rings. The van der Waals surface area contributed by atoms with E-state index in [2.05, 4.69) is 25.6 Å². The molecule has 1 saturated heterocycles. The fourth-order valence-corrected chi connectivity index (χ4v) is 3.13. The summed E-state index contributed by atoms with van der Waals surface area (Å²) in [5.74, 6) is 0.229. The number of aromatic nitrogens is 4. The molecular formula is C17H17ClN6O4. The zero-order valence-electron chi connectivity index (χ0n) is 14.5. The number of halogens is 1. The lowest BCUT2D eigenvalue weighted by molar-refractivity contribution is -0.0432. The van der Waals surface area contributed by atoms with Crippen molar-refractivity contribution in [3.05, 3.63) is 41.9 Å². The summed E-state index contributed by atoms with van der Waals surface area (Å²) in [7, 11) is 0. The number of hydrogen-bond acceptors (Lipinski definition) is 7. The molecule has 4 rings (SSSR count). The van der Waals surface area contributed by atoms with Crippen molar-refractivity contribution >= 4 is 40.3 Å². The number of aliphatic hydroxyl groups excluding tert-OH is 2. The van der Waals surface area contributed by atoms with Crippen LogP contribution in [0.3, 0.4) is 0 Å². The third-order valence-corrected chi connectivity index (χ3v) is 4.64. The lowest BCUT2D eigenvalue weighted by Gasteiger charge is -2.13. The number of amides is 2. The van der Waals surface area contributed by atoms with Gasteiger partial charge < -0.3 is 20.3 Å². The van der Waals surface area contributed by atoms with Gasteiger partial charge in [0.1, 0.15) is 18.7 Å². The summed E-state index contributed by atoms with van der Waals surface area (Å²) >= 11 is 5.83. The van der Waals surface area contributed by atoms with Crippen molar-refractivity contribution in [3.8, 4) is 0 Å². The molecule has 0 spiro atoms. The smallest absolute Gasteiger partial charge is 0.324 e. The Bertz CT molecular complexity index is 995. The van der Waals surface area contributed by atoms with Crippen molar-refractivity contribution in [1.82, 2.24) is 19.5 Å². The maximum Gasteiger partial charge on any atom is 0.324 e. The quantitative estimate of drug-likeness (QED) is 0.520. The van der Waals surface area contributed by atoms with Gasteiger partial charge in [0, 0.05) is 17.1 Å². The highest BCUT2D eigenvalue weighted by atomic mass is 35.5. The Balaban J connectivity index is 1.53. The first kappa shape index (κ1) is 18.6. The maximum absolute atomic E-state index is 12.3. The Labute approximate surface area is 164 Å². The predicted octanol–water partition coefficient (Wildman–Crippen LogP) is 1.76. The lowest BCUT2D eigenvalue weighted by atomic mass is 10.2. The van der Waals surface area contributed by atoms with Crippen LogP contribution < -0.4 is 10.6 Å². The molecule has 3 heterocycles. The number of carbonyl (C=O) groups is 1. The van der Waals surface area contributed by atoms with Crippen LogP contribution in [0.4, 0.5) is 16.3 Å². The minimum atomic E-state index is -0.781. The zero-order valence-corrected chi connectivity index (χ0v) is 15.2. The van der Waals surface area contributed by atoms with E-state index in [4.69, 9.17) is 16.3 Å². The van der Waals surface area contributed by atoms with Crippen molar-refractivity contribution in [2.45, 2.75) is 24.9 Å². The second kappa shape index (κ2) is 7.68. The fourth-order valence-electron chi connectivity index (χ4n) is 3.01. The molecule has 146 valence electrons. The molecule has 10 nitrogen and oxygen atoms in total. The van der Waals surface area contributed by atoms with Crippen molar-refractivity contribution in [3.63, 3.8) is 0 Å². The maximum atomic E-state index is 12.3. The normalized spacial score (nSPS) is 21.8. The molecule has 0 aliphatic carbocycles. The molecule has 2 amide bonds. The van der Waals surface area contributed by atoms with Crippen LogP contribution in [0.25, 0.3) is 11.2 Å². The third kappa shape index (κ3) is 3.62. The van der Waals surface area contributed by atoms with E-state index < -0.39 is 24.5 Å². The van der Waals surface area contributed by atoms with E-state index in [1.807, 2.05) is 0 Å². The van der Waals surface area contributed by atoms with Crippen molar-refractivity contribution in [2.75, 3.05) is 17.2 Å². The second-order valence-electron chi connectivity index (χ2n) is 6.25. The SMILES string of the molecule is O=C(Nc1ccc(Cl)cc1)Nc1ncnc2c1ncn2C1CC(O)C(CO)O1. The molecule has 1 aliphatic rings. The van der Waals surface area contributed by atoms with E-state index in [1.165, 1.54) is 12.7 Å². The molecule has 0 radical (unpaired) electrons. The Morgan fingerprint density at radius 3 is 2.75 bits per heavy atom. The summed E-state index contributed by atoms with van der Waals surface area (Å²) in [6.45, 7) is -0.281. The van der Waals surface area contributed by atoms with E-state index in [9.17, 15) is 15.0 Å². The first-order valence-corrected chi connectivity index (χ1v) is 8.88. The van der Waals surface area contributed by atoms with Crippen LogP contribution in [0.2, 0.25) is 5.02 Å². The van der Waals surface area contributed by atoms with Crippen LogP contribution in [0.5, 0.6) is 0 Å². The highest BCUT2D eigenvalue weighted by Gasteiger charge is 2.35. The van der Waals surface area contributed by atoms with Crippen LogP contribution in [-0.2, 0) is 4.74 Å². The predicted molar refractivity (Wildman–Crippen MR) is 101 cm³/mol. The Morgan fingerprint density at radius 1 is 1.25 bits per heavy atom. The number of aliphatic hydroxyl groups is 2. The van der Waals surface area contributed by atoms with Gasteiger partial charge in [-0.15, -0.1) is 0 Å². The molecule has 28 heavy (non-hydrogen) atoms. The Hall–Kier alpha value is -2.79. The number of fused-ring (bicyclic) bond motifs is 1. The van der Waals surface area contributed by atoms with Gasteiger partial charge >= 0.3 is 6.03 Å². The van der Waals surface area contributed by atoms with E-state index in [-0.39, 0.29) is 12.4 Å². The number of benzene rings is 1. The molecule has 1 aliphatic heterocycles. The molecule has 4 N–H and O–H groups in total. The Morgan fingerprint density at radius 2 is 2.04 bits per heavy atom. The van der Waals surface area contributed by atoms with Gasteiger partial charge in [0.05, 0.1) is 19.0 Å². The zero-order chi connectivity index (χ0) is 19.7. The molecule has 3 unspecified atom stereocenters. The molecule has 0 saturated carbocycles. The minimum absolute atomic E-state index is 0.229. The summed E-state index contributed by atoms with van der Waals surface area (Å²) < 4.78 is 7.27. The van der Waals surface area contributed by atoms with Gasteiger partial charge in [-0.25, -0.2) is 19.7 Å². The number of anilines is 2. The van der Waals surface area contributed by atoms with Crippen molar-refractivity contribution in [2.24, 2.45) is 0 Å². The molecule has 1 aromatic carbocycles. The van der Waals surface area contributed by atoms with E-state index in [1.54, 1.807) is 28.8 Å². The largest absolute Gasteiger partial charge is 0.394 e. The molecule has 0 bridgehead atoms. The Kier molecular flexibility index (Phi) is 5.09. The second-order valence-corrected chi connectivity index (χ2v) is 6.68. The number of imidazole rings is 1. The minimum Gasteiger partial charge on any atom is -0.394 e.